The molecule has 1 N–H and O–H groups in total. The maximum absolute atomic E-state index is 9.00. The van der Waals surface area contributed by atoms with Gasteiger partial charge in [-0.25, -0.2) is 0 Å². The molecule has 0 saturated carbocycles. The first-order valence-electron chi connectivity index (χ1n) is 11.6. The van der Waals surface area contributed by atoms with Gasteiger partial charge in [0.15, 0.2) is 0 Å². The van der Waals surface area contributed by atoms with E-state index in [9.17, 15) is 0 Å². The Bertz CT molecular complexity index is 385. The van der Waals surface area contributed by atoms with E-state index in [1.54, 1.807) is 0 Å². The largest absolute Gasteiger partial charge is 0.481 e. The number of nitriles is 1. The van der Waals surface area contributed by atoms with Crippen molar-refractivity contribution in [3.8, 4) is 6.07 Å². The number of hydrogen-bond donors (Lipinski definition) is 1. The Morgan fingerprint density at radius 3 is 0.774 bits per heavy atom. The van der Waals surface area contributed by atoms with Crippen molar-refractivity contribution in [2.75, 3.05) is 0 Å². The van der Waals surface area contributed by atoms with Gasteiger partial charge in [0.2, 0.25) is 0 Å². The predicted molar refractivity (Wildman–Crippen MR) is 146 cm³/mol. The number of aliphatic carboxylic acids is 1. The minimum atomic E-state index is -0.833. The normalized spacial score (nSPS) is 10.9. The van der Waals surface area contributed by atoms with Gasteiger partial charge in [0.1, 0.15) is 0 Å². The number of rotatable bonds is 6. The van der Waals surface area contributed by atoms with E-state index in [4.69, 9.17) is 15.2 Å². The molecule has 0 heterocycles. The van der Waals surface area contributed by atoms with Crippen LogP contribution in [0.3, 0.4) is 0 Å². The fourth-order valence-corrected chi connectivity index (χ4v) is 12.0. The van der Waals surface area contributed by atoms with Crippen LogP contribution in [0.15, 0.2) is 0 Å². The smallest absolute Gasteiger partial charge is 0.300 e. The second kappa shape index (κ2) is 22.3. The predicted octanol–water partition coefficient (Wildman–Crippen LogP) is 8.50. The zero-order valence-corrected chi connectivity index (χ0v) is 27.1. The van der Waals surface area contributed by atoms with E-state index >= 15 is 0 Å². The van der Waals surface area contributed by atoms with Gasteiger partial charge in [-0.05, 0) is 104 Å². The minimum absolute atomic E-state index is 0. The van der Waals surface area contributed by atoms with E-state index in [1.165, 1.54) is 0 Å². The Hall–Kier alpha value is 0.482. The molecule has 0 aromatic heterocycles. The van der Waals surface area contributed by atoms with Crippen LogP contribution >= 0.6 is 15.8 Å². The summed E-state index contributed by atoms with van der Waals surface area (Å²) in [6.45, 7) is 35.2. The second-order valence-electron chi connectivity index (χ2n) is 10.8. The Kier molecular flexibility index (Phi) is 30.0. The van der Waals surface area contributed by atoms with Gasteiger partial charge in [-0.3, -0.25) is 4.79 Å². The SMILES string of the molecule is CC(=O)O.CC(C)(C)C#N.CC(C)[PH+](C(C)C)C(C)C.CC(C)[PH+](C(C)C)C(C)C.[Pd]. The third-order valence-corrected chi connectivity index (χ3v) is 12.3. The molecule has 0 unspecified atom stereocenters. The molecule has 0 saturated heterocycles. The van der Waals surface area contributed by atoms with Crippen LogP contribution < -0.4 is 0 Å². The van der Waals surface area contributed by atoms with Crippen LogP contribution in [0.4, 0.5) is 0 Å². The number of carbonyl (C=O) groups is 1. The summed E-state index contributed by atoms with van der Waals surface area (Å²) in [6, 6.07) is 2.10. The summed E-state index contributed by atoms with van der Waals surface area (Å²) in [4.78, 5) is 9.00. The van der Waals surface area contributed by atoms with E-state index in [2.05, 4.69) is 89.2 Å². The van der Waals surface area contributed by atoms with Crippen molar-refractivity contribution in [1.29, 1.82) is 5.26 Å². The van der Waals surface area contributed by atoms with Crippen LogP contribution in [0.1, 0.15) is 111 Å². The van der Waals surface area contributed by atoms with Crippen molar-refractivity contribution in [3.05, 3.63) is 0 Å². The van der Waals surface area contributed by atoms with E-state index < -0.39 is 5.97 Å². The number of carboxylic acids is 1. The molecule has 0 aliphatic carbocycles. The molecule has 0 bridgehead atoms. The summed E-state index contributed by atoms with van der Waals surface area (Å²) >= 11 is 0. The number of nitrogens with zero attached hydrogens (tertiary/aromatic N) is 1. The fraction of sp³-hybridized carbons (Fsp3) is 0.920. The molecule has 0 aliphatic heterocycles. The third-order valence-electron chi connectivity index (χ3n) is 4.34. The Morgan fingerprint density at radius 2 is 0.774 bits per heavy atom. The third kappa shape index (κ3) is 32.7. The quantitative estimate of drug-likeness (QED) is 0.257. The van der Waals surface area contributed by atoms with Gasteiger partial charge in [0, 0.05) is 48.6 Å². The maximum Gasteiger partial charge on any atom is 0.300 e. The molecule has 0 aliphatic rings. The van der Waals surface area contributed by atoms with Crippen molar-refractivity contribution in [2.45, 2.75) is 145 Å². The van der Waals surface area contributed by atoms with Gasteiger partial charge in [-0.15, -0.1) is 0 Å². The Morgan fingerprint density at radius 1 is 0.677 bits per heavy atom. The Labute approximate surface area is 213 Å². The molecule has 0 aromatic carbocycles. The summed E-state index contributed by atoms with van der Waals surface area (Å²) in [6.07, 6.45) is 0. The summed E-state index contributed by atoms with van der Waals surface area (Å²) in [5.41, 5.74) is 5.46. The molecule has 0 amide bonds. The standard InChI is InChI=1S/2C9H21P.C5H9N.C2H4O2.Pd/c2*1-7(2)10(8(3)4)9(5)6;1-5(2,3)4-6;1-2(3)4;/h2*7-9H,1-6H3;1-3H3;1H3,(H,3,4);/p+2. The van der Waals surface area contributed by atoms with E-state index in [1.807, 2.05) is 20.8 Å². The summed E-state index contributed by atoms with van der Waals surface area (Å²) < 4.78 is 0. The van der Waals surface area contributed by atoms with Gasteiger partial charge in [0.05, 0.1) is 40.0 Å². The van der Waals surface area contributed by atoms with Crippen molar-refractivity contribution >= 4 is 21.8 Å². The second-order valence-corrected chi connectivity index (χ2v) is 19.7. The van der Waals surface area contributed by atoms with Gasteiger partial charge in [-0.1, -0.05) is 0 Å². The molecule has 0 fully saturated rings. The Balaban J connectivity index is -0.000000101. The van der Waals surface area contributed by atoms with Crippen LogP contribution in [0, 0.1) is 16.7 Å². The molecular formula is C25H57NO2P2Pd+2. The zero-order chi connectivity index (χ0) is 25.4. The minimum Gasteiger partial charge on any atom is -0.481 e. The first-order valence-corrected chi connectivity index (χ1v) is 15.0. The van der Waals surface area contributed by atoms with Crippen LogP contribution in [-0.4, -0.2) is 45.0 Å². The summed E-state index contributed by atoms with van der Waals surface area (Å²) in [5.74, 6) is -0.833. The molecule has 0 atom stereocenters. The number of carboxylic acid groups (broad SMARTS) is 1. The van der Waals surface area contributed by atoms with E-state index in [0.29, 0.717) is 0 Å². The van der Waals surface area contributed by atoms with E-state index in [-0.39, 0.29) is 41.7 Å². The summed E-state index contributed by atoms with van der Waals surface area (Å²) in [5, 5.41) is 15.6. The molecule has 0 radical (unpaired) electrons. The van der Waals surface area contributed by atoms with Crippen LogP contribution in [-0.2, 0) is 25.2 Å². The molecule has 3 nitrogen and oxygen atoms in total. The summed E-state index contributed by atoms with van der Waals surface area (Å²) in [7, 11) is -0.191. The molecule has 0 spiro atoms. The van der Waals surface area contributed by atoms with E-state index in [0.717, 1.165) is 40.9 Å². The molecule has 192 valence electrons. The van der Waals surface area contributed by atoms with Crippen molar-refractivity contribution in [1.82, 2.24) is 0 Å². The average Bonchev–Trinajstić information content (AvgIpc) is 2.44. The molecule has 31 heavy (non-hydrogen) atoms. The fourth-order valence-electron chi connectivity index (χ4n) is 4.00. The number of hydrogen-bond acceptors (Lipinski definition) is 2. The first kappa shape index (κ1) is 41.7. The zero-order valence-electron chi connectivity index (χ0n) is 23.6. The van der Waals surface area contributed by atoms with Crippen LogP contribution in [0.2, 0.25) is 0 Å². The van der Waals surface area contributed by atoms with Gasteiger partial charge < -0.3 is 5.11 Å². The van der Waals surface area contributed by atoms with Crippen molar-refractivity contribution in [3.63, 3.8) is 0 Å². The topological polar surface area (TPSA) is 61.1 Å². The molecular weight excluding hydrogens is 515 g/mol. The van der Waals surface area contributed by atoms with Gasteiger partial charge in [-0.2, -0.15) is 5.26 Å². The molecule has 0 aromatic rings. The van der Waals surface area contributed by atoms with Gasteiger partial charge in [0.25, 0.3) is 5.97 Å². The average molecular weight is 572 g/mol. The van der Waals surface area contributed by atoms with Crippen molar-refractivity contribution in [2.24, 2.45) is 5.41 Å². The van der Waals surface area contributed by atoms with Crippen LogP contribution in [0.25, 0.3) is 0 Å². The monoisotopic (exact) mass is 571 g/mol. The maximum atomic E-state index is 9.00. The molecule has 0 rings (SSSR count). The first-order chi connectivity index (χ1) is 13.2. The molecule has 6 heteroatoms. The van der Waals surface area contributed by atoms with Crippen molar-refractivity contribution < 1.29 is 30.3 Å². The van der Waals surface area contributed by atoms with Crippen LogP contribution in [0.5, 0.6) is 0 Å². The van der Waals surface area contributed by atoms with Gasteiger partial charge >= 0.3 is 0 Å².